The first-order valence-corrected chi connectivity index (χ1v) is 8.82. The lowest BCUT2D eigenvalue weighted by atomic mass is 9.75. The third kappa shape index (κ3) is 2.99. The van der Waals surface area contributed by atoms with Gasteiger partial charge in [0.1, 0.15) is 5.75 Å². The van der Waals surface area contributed by atoms with Gasteiger partial charge >= 0.3 is 5.97 Å². The maximum atomic E-state index is 13.4. The van der Waals surface area contributed by atoms with E-state index in [1.165, 1.54) is 0 Å². The molecule has 0 saturated carbocycles. The van der Waals surface area contributed by atoms with Crippen molar-refractivity contribution in [3.63, 3.8) is 0 Å². The zero-order valence-electron chi connectivity index (χ0n) is 14.9. The fourth-order valence-electron chi connectivity index (χ4n) is 3.51. The molecule has 134 valence electrons. The van der Waals surface area contributed by atoms with E-state index in [1.807, 2.05) is 85.8 Å². The van der Waals surface area contributed by atoms with Crippen LogP contribution in [0, 0.1) is 0 Å². The quantitative estimate of drug-likeness (QED) is 0.503. The molecule has 3 aromatic carbocycles. The molecular formula is C23H19NO3. The summed E-state index contributed by atoms with van der Waals surface area (Å²) in [6.07, 6.45) is 0. The van der Waals surface area contributed by atoms with Crippen LogP contribution < -0.4 is 4.74 Å². The topological polar surface area (TPSA) is 47.9 Å². The molecule has 2 atom stereocenters. The average molecular weight is 357 g/mol. The van der Waals surface area contributed by atoms with Gasteiger partial charge in [-0.3, -0.25) is 0 Å². The van der Waals surface area contributed by atoms with Crippen LogP contribution in [-0.2, 0) is 15.2 Å². The number of benzene rings is 3. The highest BCUT2D eigenvalue weighted by atomic mass is 16.7. The van der Waals surface area contributed by atoms with E-state index >= 15 is 0 Å². The molecule has 4 nitrogen and oxygen atoms in total. The second-order valence-electron chi connectivity index (χ2n) is 6.47. The van der Waals surface area contributed by atoms with Crippen LogP contribution in [0.3, 0.4) is 0 Å². The van der Waals surface area contributed by atoms with Gasteiger partial charge < -0.3 is 9.57 Å². The van der Waals surface area contributed by atoms with E-state index < -0.39 is 11.6 Å². The van der Waals surface area contributed by atoms with Crippen LogP contribution in [0.15, 0.2) is 96.2 Å². The molecule has 0 radical (unpaired) electrons. The number of para-hydroxylation sites is 1. The largest absolute Gasteiger partial charge is 0.423 e. The van der Waals surface area contributed by atoms with E-state index in [0.717, 1.165) is 11.3 Å². The maximum absolute atomic E-state index is 13.4. The Bertz CT molecular complexity index is 955. The lowest BCUT2D eigenvalue weighted by Gasteiger charge is -2.31. The second kappa shape index (κ2) is 7.08. The minimum absolute atomic E-state index is 0.377. The normalized spacial score (nSPS) is 21.2. The summed E-state index contributed by atoms with van der Waals surface area (Å²) in [5.41, 5.74) is 1.02. The van der Waals surface area contributed by atoms with Crippen molar-refractivity contribution in [3.8, 4) is 5.75 Å². The summed E-state index contributed by atoms with van der Waals surface area (Å²) in [5.74, 6) is -0.399. The molecular weight excluding hydrogens is 338 g/mol. The van der Waals surface area contributed by atoms with Crippen LogP contribution in [-0.4, -0.2) is 11.7 Å². The summed E-state index contributed by atoms with van der Waals surface area (Å²) >= 11 is 0. The summed E-state index contributed by atoms with van der Waals surface area (Å²) in [7, 11) is 0. The van der Waals surface area contributed by atoms with Crippen molar-refractivity contribution in [1.29, 1.82) is 0 Å². The highest BCUT2D eigenvalue weighted by Crippen LogP contribution is 2.46. The van der Waals surface area contributed by atoms with E-state index in [0.29, 0.717) is 11.3 Å². The Morgan fingerprint density at radius 1 is 0.889 bits per heavy atom. The minimum atomic E-state index is -1.37. The van der Waals surface area contributed by atoms with Crippen molar-refractivity contribution >= 4 is 11.7 Å². The fraction of sp³-hybridized carbons (Fsp3) is 0.130. The molecule has 4 heteroatoms. The summed E-state index contributed by atoms with van der Waals surface area (Å²) in [6, 6.07) is 28.2. The molecule has 0 spiro atoms. The Morgan fingerprint density at radius 3 is 2.07 bits per heavy atom. The number of hydrogen-bond donors (Lipinski definition) is 0. The minimum Gasteiger partial charge on any atom is -0.423 e. The molecule has 0 N–H and O–H groups in total. The molecule has 0 aromatic heterocycles. The molecule has 0 fully saturated rings. The highest BCUT2D eigenvalue weighted by molar-refractivity contribution is 5.99. The third-order valence-electron chi connectivity index (χ3n) is 4.75. The van der Waals surface area contributed by atoms with Crippen LogP contribution in [0.1, 0.15) is 24.0 Å². The molecule has 1 aliphatic heterocycles. The first-order valence-electron chi connectivity index (χ1n) is 8.82. The third-order valence-corrected chi connectivity index (χ3v) is 4.75. The summed E-state index contributed by atoms with van der Waals surface area (Å²) in [6.45, 7) is 1.87. The zero-order chi connectivity index (χ0) is 18.7. The molecule has 0 bridgehead atoms. The summed E-state index contributed by atoms with van der Waals surface area (Å²) in [5, 5.41) is 4.20. The molecule has 27 heavy (non-hydrogen) atoms. The van der Waals surface area contributed by atoms with Crippen LogP contribution in [0.4, 0.5) is 0 Å². The van der Waals surface area contributed by atoms with E-state index in [2.05, 4.69) is 5.16 Å². The molecule has 0 aliphatic carbocycles. The van der Waals surface area contributed by atoms with Gasteiger partial charge in [0.15, 0.2) is 0 Å². The number of carbonyl (C=O) groups is 1. The molecule has 1 aliphatic rings. The zero-order valence-corrected chi connectivity index (χ0v) is 14.9. The molecule has 0 amide bonds. The predicted octanol–water partition coefficient (Wildman–Crippen LogP) is 4.68. The Morgan fingerprint density at radius 2 is 1.44 bits per heavy atom. The monoisotopic (exact) mass is 357 g/mol. The smallest absolute Gasteiger partial charge is 0.364 e. The van der Waals surface area contributed by atoms with Crippen molar-refractivity contribution in [1.82, 2.24) is 0 Å². The number of carbonyl (C=O) groups excluding carboxylic acids is 1. The van der Waals surface area contributed by atoms with Gasteiger partial charge in [-0.2, -0.15) is 0 Å². The van der Waals surface area contributed by atoms with Crippen LogP contribution >= 0.6 is 0 Å². The molecule has 4 rings (SSSR count). The first kappa shape index (κ1) is 17.0. The fourth-order valence-corrected chi connectivity index (χ4v) is 3.51. The summed E-state index contributed by atoms with van der Waals surface area (Å²) < 4.78 is 5.72. The van der Waals surface area contributed by atoms with Gasteiger partial charge in [-0.1, -0.05) is 84.0 Å². The lowest BCUT2D eigenvalue weighted by molar-refractivity contribution is -0.162. The van der Waals surface area contributed by atoms with Gasteiger partial charge in [-0.15, -0.1) is 0 Å². The number of ether oxygens (including phenoxy) is 1. The lowest BCUT2D eigenvalue weighted by Crippen LogP contribution is -2.45. The van der Waals surface area contributed by atoms with E-state index in [-0.39, 0.29) is 5.92 Å². The van der Waals surface area contributed by atoms with E-state index in [1.54, 1.807) is 12.1 Å². The van der Waals surface area contributed by atoms with Crippen LogP contribution in [0.25, 0.3) is 0 Å². The number of esters is 1. The number of nitrogens with zero attached hydrogens (tertiary/aromatic N) is 1. The van der Waals surface area contributed by atoms with E-state index in [9.17, 15) is 4.79 Å². The van der Waals surface area contributed by atoms with Crippen LogP contribution in [0.5, 0.6) is 5.75 Å². The molecule has 1 heterocycles. The van der Waals surface area contributed by atoms with Crippen molar-refractivity contribution in [2.45, 2.75) is 18.4 Å². The standard InChI is InChI=1S/C23H19NO3/c1-17-21(18-11-5-2-6-12-18)23(27-24-17,19-13-7-3-8-14-19)22(25)26-20-15-9-4-10-16-20/h2-16,21H,1H3/t21?,23-/m1/s1. The Balaban J connectivity index is 1.83. The molecule has 3 aromatic rings. The number of hydrogen-bond acceptors (Lipinski definition) is 4. The average Bonchev–Trinajstić information content (AvgIpc) is 3.08. The van der Waals surface area contributed by atoms with Crippen molar-refractivity contribution in [2.24, 2.45) is 5.16 Å². The first-order chi connectivity index (χ1) is 13.2. The van der Waals surface area contributed by atoms with Gasteiger partial charge in [0.2, 0.25) is 0 Å². The van der Waals surface area contributed by atoms with Crippen molar-refractivity contribution < 1.29 is 14.4 Å². The van der Waals surface area contributed by atoms with E-state index in [4.69, 9.17) is 9.57 Å². The summed E-state index contributed by atoms with van der Waals surface area (Å²) in [4.78, 5) is 19.3. The second-order valence-corrected chi connectivity index (χ2v) is 6.47. The van der Waals surface area contributed by atoms with Gasteiger partial charge in [0.05, 0.1) is 11.6 Å². The predicted molar refractivity (Wildman–Crippen MR) is 104 cm³/mol. The molecule has 1 unspecified atom stereocenters. The Hall–Kier alpha value is -3.40. The SMILES string of the molecule is CC1=NO[C@](C(=O)Oc2ccccc2)(c2ccccc2)C1c1ccccc1. The number of rotatable bonds is 4. The highest BCUT2D eigenvalue weighted by Gasteiger charge is 2.57. The Kier molecular flexibility index (Phi) is 4.47. The van der Waals surface area contributed by atoms with Gasteiger partial charge in [0.25, 0.3) is 5.60 Å². The Labute approximate surface area is 158 Å². The van der Waals surface area contributed by atoms with Gasteiger partial charge in [-0.25, -0.2) is 4.79 Å². The van der Waals surface area contributed by atoms with Crippen LogP contribution in [0.2, 0.25) is 0 Å². The van der Waals surface area contributed by atoms with Crippen molar-refractivity contribution in [3.05, 3.63) is 102 Å². The van der Waals surface area contributed by atoms with Gasteiger partial charge in [-0.05, 0) is 24.6 Å². The number of oxime groups is 1. The van der Waals surface area contributed by atoms with Gasteiger partial charge in [0, 0.05) is 5.56 Å². The van der Waals surface area contributed by atoms with Crippen molar-refractivity contribution in [2.75, 3.05) is 0 Å². The molecule has 0 saturated heterocycles. The maximum Gasteiger partial charge on any atom is 0.364 e.